The maximum Gasteiger partial charge on any atom is 0.316 e. The van der Waals surface area contributed by atoms with E-state index in [2.05, 4.69) is 4.74 Å². The first-order valence-electron chi connectivity index (χ1n) is 5.92. The fraction of sp³-hybridized carbons (Fsp3) is 0.429. The highest BCUT2D eigenvalue weighted by Crippen LogP contribution is 2.38. The number of ether oxygens (including phenoxy) is 4. The van der Waals surface area contributed by atoms with Crippen LogP contribution < -0.4 is 14.2 Å². The summed E-state index contributed by atoms with van der Waals surface area (Å²) in [5, 5.41) is 0. The smallest absolute Gasteiger partial charge is 0.316 e. The lowest BCUT2D eigenvalue weighted by Gasteiger charge is -2.15. The highest BCUT2D eigenvalue weighted by molar-refractivity contribution is 6.08. The van der Waals surface area contributed by atoms with Crippen molar-refractivity contribution in [3.63, 3.8) is 0 Å². The molecule has 0 saturated carbocycles. The Morgan fingerprint density at radius 1 is 0.950 bits per heavy atom. The number of benzene rings is 1. The van der Waals surface area contributed by atoms with Crippen molar-refractivity contribution in [2.24, 2.45) is 5.92 Å². The summed E-state index contributed by atoms with van der Waals surface area (Å²) in [6.07, 6.45) is 0. The topological polar surface area (TPSA) is 71.1 Å². The average Bonchev–Trinajstić information content (AvgIpc) is 2.50. The number of methoxy groups -OCH3 is 4. The summed E-state index contributed by atoms with van der Waals surface area (Å²) in [6.45, 7) is 1.48. The highest BCUT2D eigenvalue weighted by Gasteiger charge is 2.26. The summed E-state index contributed by atoms with van der Waals surface area (Å²) in [7, 11) is 5.62. The average molecular weight is 282 g/mol. The van der Waals surface area contributed by atoms with Crippen molar-refractivity contribution in [1.82, 2.24) is 0 Å². The summed E-state index contributed by atoms with van der Waals surface area (Å²) in [5.74, 6) is -0.778. The Balaban J connectivity index is 3.26. The van der Waals surface area contributed by atoms with Gasteiger partial charge in [-0.1, -0.05) is 0 Å². The molecule has 0 spiro atoms. The number of hydrogen-bond donors (Lipinski definition) is 0. The van der Waals surface area contributed by atoms with Gasteiger partial charge in [0.1, 0.15) is 5.92 Å². The minimum atomic E-state index is -0.900. The van der Waals surface area contributed by atoms with Gasteiger partial charge in [0.25, 0.3) is 0 Å². The number of rotatable bonds is 6. The number of carbonyl (C=O) groups excluding carboxylic acids is 2. The molecule has 0 fully saturated rings. The zero-order valence-electron chi connectivity index (χ0n) is 12.2. The van der Waals surface area contributed by atoms with Crippen LogP contribution in [-0.2, 0) is 9.53 Å². The van der Waals surface area contributed by atoms with Crippen LogP contribution in [0.15, 0.2) is 12.1 Å². The Morgan fingerprint density at radius 3 is 1.80 bits per heavy atom. The molecule has 1 aromatic rings. The minimum Gasteiger partial charge on any atom is -0.493 e. The second kappa shape index (κ2) is 6.79. The van der Waals surface area contributed by atoms with Gasteiger partial charge in [0.05, 0.1) is 28.4 Å². The second-order valence-electron chi connectivity index (χ2n) is 4.02. The summed E-state index contributed by atoms with van der Waals surface area (Å²) in [6, 6.07) is 3.01. The van der Waals surface area contributed by atoms with Gasteiger partial charge in [0.15, 0.2) is 17.3 Å². The van der Waals surface area contributed by atoms with E-state index in [0.717, 1.165) is 0 Å². The molecule has 0 amide bonds. The number of ketones is 1. The predicted molar refractivity (Wildman–Crippen MR) is 71.6 cm³/mol. The number of carbonyl (C=O) groups is 2. The van der Waals surface area contributed by atoms with Crippen molar-refractivity contribution in [1.29, 1.82) is 0 Å². The Morgan fingerprint density at radius 2 is 1.45 bits per heavy atom. The molecule has 1 atom stereocenters. The Bertz CT molecular complexity index is 483. The molecule has 0 aromatic heterocycles. The molecule has 1 aromatic carbocycles. The molecule has 1 unspecified atom stereocenters. The molecule has 6 heteroatoms. The summed E-state index contributed by atoms with van der Waals surface area (Å²) < 4.78 is 20.1. The predicted octanol–water partition coefficient (Wildman–Crippen LogP) is 1.70. The van der Waals surface area contributed by atoms with Crippen LogP contribution >= 0.6 is 0 Å². The van der Waals surface area contributed by atoms with Crippen LogP contribution in [0.1, 0.15) is 17.3 Å². The van der Waals surface area contributed by atoms with Gasteiger partial charge in [-0.15, -0.1) is 0 Å². The Kier molecular flexibility index (Phi) is 5.37. The zero-order valence-corrected chi connectivity index (χ0v) is 12.2. The summed E-state index contributed by atoms with van der Waals surface area (Å²) in [5.41, 5.74) is 0.289. The third kappa shape index (κ3) is 3.01. The van der Waals surface area contributed by atoms with Crippen LogP contribution in [0.5, 0.6) is 17.2 Å². The van der Waals surface area contributed by atoms with Crippen LogP contribution in [0, 0.1) is 5.92 Å². The van der Waals surface area contributed by atoms with E-state index in [4.69, 9.17) is 14.2 Å². The van der Waals surface area contributed by atoms with Gasteiger partial charge in [-0.25, -0.2) is 0 Å². The second-order valence-corrected chi connectivity index (χ2v) is 4.02. The molecule has 6 nitrogen and oxygen atoms in total. The van der Waals surface area contributed by atoms with Crippen LogP contribution in [0.4, 0.5) is 0 Å². The van der Waals surface area contributed by atoms with Crippen molar-refractivity contribution in [2.75, 3.05) is 28.4 Å². The molecule has 0 heterocycles. The van der Waals surface area contributed by atoms with E-state index in [1.807, 2.05) is 0 Å². The third-order valence-electron chi connectivity index (χ3n) is 2.90. The quantitative estimate of drug-likeness (QED) is 0.449. The van der Waals surface area contributed by atoms with Gasteiger partial charge in [-0.05, 0) is 19.1 Å². The first kappa shape index (κ1) is 15.8. The van der Waals surface area contributed by atoms with Crippen LogP contribution in [0.2, 0.25) is 0 Å². The van der Waals surface area contributed by atoms with Gasteiger partial charge in [0, 0.05) is 5.56 Å². The molecule has 20 heavy (non-hydrogen) atoms. The van der Waals surface area contributed by atoms with Crippen LogP contribution in [-0.4, -0.2) is 40.2 Å². The van der Waals surface area contributed by atoms with Gasteiger partial charge in [-0.3, -0.25) is 9.59 Å². The van der Waals surface area contributed by atoms with Crippen LogP contribution in [0.25, 0.3) is 0 Å². The van der Waals surface area contributed by atoms with E-state index < -0.39 is 11.9 Å². The fourth-order valence-electron chi connectivity index (χ4n) is 1.76. The number of esters is 1. The monoisotopic (exact) mass is 282 g/mol. The van der Waals surface area contributed by atoms with E-state index in [0.29, 0.717) is 17.2 Å². The largest absolute Gasteiger partial charge is 0.493 e. The lowest BCUT2D eigenvalue weighted by atomic mass is 9.98. The van der Waals surface area contributed by atoms with Crippen molar-refractivity contribution in [2.45, 2.75) is 6.92 Å². The van der Waals surface area contributed by atoms with Crippen molar-refractivity contribution in [3.8, 4) is 17.2 Å². The van der Waals surface area contributed by atoms with Crippen molar-refractivity contribution in [3.05, 3.63) is 17.7 Å². The first-order valence-corrected chi connectivity index (χ1v) is 5.92. The summed E-state index contributed by atoms with van der Waals surface area (Å²) >= 11 is 0. The molecular formula is C14H18O6. The molecule has 0 aliphatic rings. The van der Waals surface area contributed by atoms with E-state index in [-0.39, 0.29) is 11.3 Å². The van der Waals surface area contributed by atoms with Crippen molar-refractivity contribution >= 4 is 11.8 Å². The molecular weight excluding hydrogens is 264 g/mol. The number of hydrogen-bond acceptors (Lipinski definition) is 6. The molecule has 1 rings (SSSR count). The third-order valence-corrected chi connectivity index (χ3v) is 2.90. The highest BCUT2D eigenvalue weighted by atomic mass is 16.5. The van der Waals surface area contributed by atoms with Gasteiger partial charge < -0.3 is 18.9 Å². The fourth-order valence-corrected chi connectivity index (χ4v) is 1.76. The van der Waals surface area contributed by atoms with Crippen molar-refractivity contribution < 1.29 is 28.5 Å². The maximum absolute atomic E-state index is 12.2. The standard InChI is InChI=1S/C14H18O6/c1-8(14(16)20-5)12(15)9-6-10(17-2)13(19-4)11(7-9)18-3/h6-8H,1-5H3. The van der Waals surface area contributed by atoms with E-state index in [1.165, 1.54) is 47.5 Å². The molecule has 0 radical (unpaired) electrons. The number of Topliss-reactive ketones (excluding diaryl/α,β-unsaturated/α-hetero) is 1. The maximum atomic E-state index is 12.2. The van der Waals surface area contributed by atoms with E-state index in [9.17, 15) is 9.59 Å². The molecule has 0 bridgehead atoms. The summed E-state index contributed by atoms with van der Waals surface area (Å²) in [4.78, 5) is 23.7. The van der Waals surface area contributed by atoms with E-state index in [1.54, 1.807) is 0 Å². The minimum absolute atomic E-state index is 0.289. The molecule has 110 valence electrons. The molecule has 0 N–H and O–H groups in total. The van der Waals surface area contributed by atoms with Crippen LogP contribution in [0.3, 0.4) is 0 Å². The molecule has 0 aliphatic carbocycles. The lowest BCUT2D eigenvalue weighted by molar-refractivity contribution is -0.143. The van der Waals surface area contributed by atoms with E-state index >= 15 is 0 Å². The Hall–Kier alpha value is -2.24. The van der Waals surface area contributed by atoms with Gasteiger partial charge >= 0.3 is 5.97 Å². The van der Waals surface area contributed by atoms with Gasteiger partial charge in [0.2, 0.25) is 5.75 Å². The Labute approximate surface area is 117 Å². The lowest BCUT2D eigenvalue weighted by Crippen LogP contribution is -2.22. The first-order chi connectivity index (χ1) is 9.49. The SMILES string of the molecule is COC(=O)C(C)C(=O)c1cc(OC)c(OC)c(OC)c1. The molecule has 0 aliphatic heterocycles. The molecule has 0 saturated heterocycles. The normalized spacial score (nSPS) is 11.4. The zero-order chi connectivity index (χ0) is 15.3. The van der Waals surface area contributed by atoms with Gasteiger partial charge in [-0.2, -0.15) is 0 Å².